The fourth-order valence-corrected chi connectivity index (χ4v) is 3.29. The van der Waals surface area contributed by atoms with Crippen LogP contribution < -0.4 is 5.32 Å². The fourth-order valence-electron chi connectivity index (χ4n) is 2.85. The maximum Gasteiger partial charge on any atom is 0.326 e. The summed E-state index contributed by atoms with van der Waals surface area (Å²) in [5.41, 5.74) is 0.431. The molecule has 0 saturated carbocycles. The van der Waals surface area contributed by atoms with Crippen LogP contribution in [0.3, 0.4) is 0 Å². The minimum atomic E-state index is -1.46. The zero-order valence-electron chi connectivity index (χ0n) is 14.6. The van der Waals surface area contributed by atoms with Gasteiger partial charge in [0.15, 0.2) is 0 Å². The second kappa shape index (κ2) is 8.32. The first kappa shape index (κ1) is 20.4. The molecule has 1 atom stereocenters. The number of carboxylic acid groups (broad SMARTS) is 1. The Morgan fingerprint density at radius 3 is 2.55 bits per heavy atom. The molecule has 0 fully saturated rings. The molecule has 0 aliphatic carbocycles. The Bertz CT molecular complexity index is 1160. The largest absolute Gasteiger partial charge is 0.480 e. The number of pyridine rings is 1. The van der Waals surface area contributed by atoms with Crippen LogP contribution >= 0.6 is 15.9 Å². The Morgan fingerprint density at radius 1 is 1.24 bits per heavy atom. The zero-order chi connectivity index (χ0) is 21.1. The molecule has 0 saturated heterocycles. The number of aliphatic carboxylic acids is 1. The van der Waals surface area contributed by atoms with E-state index < -0.39 is 35.1 Å². The molecular formula is C20H12BrF2N3O3. The summed E-state index contributed by atoms with van der Waals surface area (Å²) in [5, 5.41) is 21.3. The lowest BCUT2D eigenvalue weighted by atomic mass is 9.99. The van der Waals surface area contributed by atoms with Crippen molar-refractivity contribution in [2.24, 2.45) is 0 Å². The average Bonchev–Trinajstić information content (AvgIpc) is 2.68. The van der Waals surface area contributed by atoms with E-state index in [9.17, 15) is 23.5 Å². The van der Waals surface area contributed by atoms with Crippen molar-refractivity contribution in [1.82, 2.24) is 10.3 Å². The predicted octanol–water partition coefficient (Wildman–Crippen LogP) is 3.57. The van der Waals surface area contributed by atoms with E-state index >= 15 is 0 Å². The van der Waals surface area contributed by atoms with E-state index in [-0.39, 0.29) is 12.0 Å². The number of aromatic nitrogens is 1. The fraction of sp³-hybridized carbons (Fsp3) is 0.100. The number of nitrogens with one attached hydrogen (secondary N) is 1. The number of benzene rings is 2. The molecule has 9 heteroatoms. The van der Waals surface area contributed by atoms with Crippen LogP contribution in [0.1, 0.15) is 21.5 Å². The first-order valence-corrected chi connectivity index (χ1v) is 9.06. The number of amides is 1. The first-order valence-electron chi connectivity index (χ1n) is 8.26. The minimum Gasteiger partial charge on any atom is -0.480 e. The van der Waals surface area contributed by atoms with E-state index in [4.69, 9.17) is 5.26 Å². The smallest absolute Gasteiger partial charge is 0.326 e. The molecule has 146 valence electrons. The number of rotatable bonds is 5. The van der Waals surface area contributed by atoms with Crippen molar-refractivity contribution in [2.45, 2.75) is 12.5 Å². The molecule has 2 aromatic carbocycles. The van der Waals surface area contributed by atoms with Gasteiger partial charge in [-0.3, -0.25) is 9.78 Å². The summed E-state index contributed by atoms with van der Waals surface area (Å²) in [4.78, 5) is 28.2. The highest BCUT2D eigenvalue weighted by molar-refractivity contribution is 9.10. The second-order valence-corrected chi connectivity index (χ2v) is 6.96. The Kier molecular flexibility index (Phi) is 5.84. The maximum atomic E-state index is 13.8. The lowest BCUT2D eigenvalue weighted by Crippen LogP contribution is -2.43. The van der Waals surface area contributed by atoms with Crippen LogP contribution in [0.25, 0.3) is 10.9 Å². The number of hydrogen-bond acceptors (Lipinski definition) is 4. The summed E-state index contributed by atoms with van der Waals surface area (Å²) in [7, 11) is 0. The van der Waals surface area contributed by atoms with Crippen molar-refractivity contribution in [3.8, 4) is 6.07 Å². The number of nitrogens with zero attached hydrogens (tertiary/aromatic N) is 2. The van der Waals surface area contributed by atoms with Gasteiger partial charge in [0.05, 0.1) is 11.1 Å². The lowest BCUT2D eigenvalue weighted by Gasteiger charge is -2.17. The van der Waals surface area contributed by atoms with Crippen molar-refractivity contribution >= 4 is 38.7 Å². The minimum absolute atomic E-state index is 0.183. The van der Waals surface area contributed by atoms with Crippen LogP contribution in [0.5, 0.6) is 0 Å². The topological polar surface area (TPSA) is 103 Å². The van der Waals surface area contributed by atoms with Gasteiger partial charge in [-0.25, -0.2) is 13.6 Å². The van der Waals surface area contributed by atoms with Gasteiger partial charge in [-0.15, -0.1) is 0 Å². The molecule has 0 spiro atoms. The van der Waals surface area contributed by atoms with E-state index in [2.05, 4.69) is 26.2 Å². The van der Waals surface area contributed by atoms with Gasteiger partial charge in [0.1, 0.15) is 29.3 Å². The van der Waals surface area contributed by atoms with Crippen LogP contribution in [0.15, 0.2) is 47.1 Å². The molecule has 3 aromatic rings. The number of hydrogen-bond donors (Lipinski definition) is 2. The second-order valence-electron chi connectivity index (χ2n) is 6.10. The normalized spacial score (nSPS) is 11.7. The monoisotopic (exact) mass is 459 g/mol. The van der Waals surface area contributed by atoms with Crippen LogP contribution in [0, 0.1) is 23.0 Å². The van der Waals surface area contributed by atoms with E-state index in [1.807, 2.05) is 6.07 Å². The third kappa shape index (κ3) is 4.22. The van der Waals surface area contributed by atoms with Gasteiger partial charge >= 0.3 is 5.97 Å². The van der Waals surface area contributed by atoms with Crippen molar-refractivity contribution in [3.63, 3.8) is 0 Å². The van der Waals surface area contributed by atoms with Gasteiger partial charge in [0, 0.05) is 22.5 Å². The third-order valence-corrected chi connectivity index (χ3v) is 4.88. The summed E-state index contributed by atoms with van der Waals surface area (Å²) in [5.74, 6) is -4.74. The number of carbonyl (C=O) groups excluding carboxylic acids is 1. The van der Waals surface area contributed by atoms with E-state index in [1.165, 1.54) is 6.20 Å². The van der Waals surface area contributed by atoms with E-state index in [0.717, 1.165) is 18.2 Å². The maximum absolute atomic E-state index is 13.8. The Hall–Kier alpha value is -3.38. The van der Waals surface area contributed by atoms with Crippen LogP contribution in [-0.2, 0) is 11.2 Å². The highest BCUT2D eigenvalue weighted by atomic mass is 79.9. The summed E-state index contributed by atoms with van der Waals surface area (Å²) < 4.78 is 28.3. The van der Waals surface area contributed by atoms with Gasteiger partial charge in [-0.05, 0) is 45.8 Å². The molecule has 29 heavy (non-hydrogen) atoms. The Morgan fingerprint density at radius 2 is 1.93 bits per heavy atom. The number of halogens is 3. The number of fused-ring (bicyclic) bond motifs is 1. The Labute approximate surface area is 171 Å². The molecule has 1 amide bonds. The molecule has 2 N–H and O–H groups in total. The molecule has 3 rings (SSSR count). The van der Waals surface area contributed by atoms with Gasteiger partial charge in [0.2, 0.25) is 0 Å². The summed E-state index contributed by atoms with van der Waals surface area (Å²) in [6.45, 7) is 0. The highest BCUT2D eigenvalue weighted by Crippen LogP contribution is 2.27. The number of carbonyl (C=O) groups is 2. The van der Waals surface area contributed by atoms with Crippen molar-refractivity contribution < 1.29 is 23.5 Å². The number of carboxylic acids is 1. The molecule has 0 aliphatic rings. The first-order chi connectivity index (χ1) is 13.8. The van der Waals surface area contributed by atoms with Crippen molar-refractivity contribution in [3.05, 3.63) is 75.4 Å². The van der Waals surface area contributed by atoms with E-state index in [1.54, 1.807) is 18.2 Å². The predicted molar refractivity (Wildman–Crippen MR) is 103 cm³/mol. The molecule has 0 unspecified atom stereocenters. The SMILES string of the molecule is N#Cc1cnc2c(Br)ccc(C[C@H](NC(=O)c3c(F)cccc3F)C(=O)O)c2c1. The van der Waals surface area contributed by atoms with E-state index in [0.29, 0.717) is 20.9 Å². The van der Waals surface area contributed by atoms with Crippen molar-refractivity contribution in [2.75, 3.05) is 0 Å². The Balaban J connectivity index is 1.96. The summed E-state index contributed by atoms with van der Waals surface area (Å²) >= 11 is 3.34. The molecule has 6 nitrogen and oxygen atoms in total. The van der Waals surface area contributed by atoms with Crippen LogP contribution in [0.2, 0.25) is 0 Å². The molecular weight excluding hydrogens is 448 g/mol. The number of nitriles is 1. The summed E-state index contributed by atoms with van der Waals surface area (Å²) in [6, 6.07) is 8.26. The average molecular weight is 460 g/mol. The molecule has 1 heterocycles. The van der Waals surface area contributed by atoms with Crippen LogP contribution in [0.4, 0.5) is 8.78 Å². The molecule has 0 bridgehead atoms. The van der Waals surface area contributed by atoms with Crippen LogP contribution in [-0.4, -0.2) is 28.0 Å². The van der Waals surface area contributed by atoms with Gasteiger partial charge in [-0.1, -0.05) is 12.1 Å². The molecule has 1 aromatic heterocycles. The lowest BCUT2D eigenvalue weighted by molar-refractivity contribution is -0.139. The summed E-state index contributed by atoms with van der Waals surface area (Å²) in [6.07, 6.45) is 1.20. The van der Waals surface area contributed by atoms with Crippen molar-refractivity contribution in [1.29, 1.82) is 5.26 Å². The molecule has 0 aliphatic heterocycles. The highest BCUT2D eigenvalue weighted by Gasteiger charge is 2.25. The van der Waals surface area contributed by atoms with Gasteiger partial charge in [-0.2, -0.15) is 5.26 Å². The van der Waals surface area contributed by atoms with Gasteiger partial charge in [0.25, 0.3) is 5.91 Å². The molecule has 0 radical (unpaired) electrons. The quantitative estimate of drug-likeness (QED) is 0.606. The van der Waals surface area contributed by atoms with Gasteiger partial charge < -0.3 is 10.4 Å². The standard InChI is InChI=1S/C20H12BrF2N3O3/c21-13-5-4-11(12-6-10(8-24)9-25-18(12)13)7-16(20(28)29)26-19(27)17-14(22)2-1-3-15(17)23/h1-6,9,16H,7H2,(H,26,27)(H,28,29)/t16-/m0/s1. The zero-order valence-corrected chi connectivity index (χ0v) is 16.2. The third-order valence-electron chi connectivity index (χ3n) is 4.24.